The summed E-state index contributed by atoms with van der Waals surface area (Å²) in [6.07, 6.45) is 2.85. The van der Waals surface area contributed by atoms with E-state index < -0.39 is 0 Å². The maximum Gasteiger partial charge on any atom is 0.0506 e. The first-order valence-electron chi connectivity index (χ1n) is 3.79. The molecule has 9 heavy (non-hydrogen) atoms. The van der Waals surface area contributed by atoms with Crippen LogP contribution in [0.4, 0.5) is 0 Å². The molecule has 0 bridgehead atoms. The molecule has 0 aliphatic carbocycles. The van der Waals surface area contributed by atoms with Gasteiger partial charge >= 0.3 is 0 Å². The van der Waals surface area contributed by atoms with E-state index in [4.69, 9.17) is 0 Å². The minimum Gasteiger partial charge on any atom is -0.293 e. The van der Waals surface area contributed by atoms with Gasteiger partial charge in [-0.3, -0.25) is 9.80 Å². The van der Waals surface area contributed by atoms with E-state index in [-0.39, 0.29) is 0 Å². The summed E-state index contributed by atoms with van der Waals surface area (Å²) >= 11 is 0. The van der Waals surface area contributed by atoms with Crippen molar-refractivity contribution in [2.45, 2.75) is 18.9 Å². The molecule has 2 nitrogen and oxygen atoms in total. The predicted molar refractivity (Wildman–Crippen MR) is 37.2 cm³/mol. The topological polar surface area (TPSA) is 6.48 Å². The summed E-state index contributed by atoms with van der Waals surface area (Å²) in [5.74, 6) is 0. The van der Waals surface area contributed by atoms with E-state index in [1.165, 1.54) is 32.6 Å². The van der Waals surface area contributed by atoms with Crippen molar-refractivity contribution in [2.24, 2.45) is 0 Å². The van der Waals surface area contributed by atoms with Gasteiger partial charge in [0.25, 0.3) is 0 Å². The maximum atomic E-state index is 2.56. The van der Waals surface area contributed by atoms with Crippen molar-refractivity contribution in [3.05, 3.63) is 0 Å². The first-order valence-corrected chi connectivity index (χ1v) is 3.79. The SMILES string of the molecule is CN1CCC2CCN2C1. The Bertz CT molecular complexity index is 113. The van der Waals surface area contributed by atoms with Gasteiger partial charge in [-0.05, 0) is 19.9 Å². The van der Waals surface area contributed by atoms with E-state index in [0.29, 0.717) is 0 Å². The minimum atomic E-state index is 0.959. The van der Waals surface area contributed by atoms with E-state index >= 15 is 0 Å². The van der Waals surface area contributed by atoms with Crippen LogP contribution in [-0.4, -0.2) is 42.6 Å². The first kappa shape index (κ1) is 5.69. The van der Waals surface area contributed by atoms with Crippen LogP contribution in [0, 0.1) is 0 Å². The van der Waals surface area contributed by atoms with Gasteiger partial charge < -0.3 is 0 Å². The second kappa shape index (κ2) is 1.96. The summed E-state index contributed by atoms with van der Waals surface area (Å²) in [7, 11) is 2.20. The highest BCUT2D eigenvalue weighted by molar-refractivity contribution is 4.86. The standard InChI is InChI=1S/C7H14N2/c1-8-4-2-7-3-5-9(7)6-8/h7H,2-6H2,1H3. The summed E-state index contributed by atoms with van der Waals surface area (Å²) in [6, 6.07) is 0.959. The molecule has 0 N–H and O–H groups in total. The Kier molecular flexibility index (Phi) is 1.24. The fourth-order valence-electron chi connectivity index (χ4n) is 1.76. The molecule has 1 atom stereocenters. The average Bonchev–Trinajstić information content (AvgIpc) is 1.78. The zero-order valence-electron chi connectivity index (χ0n) is 6.01. The molecule has 2 saturated heterocycles. The minimum absolute atomic E-state index is 0.959. The van der Waals surface area contributed by atoms with Crippen LogP contribution >= 0.6 is 0 Å². The molecule has 2 aliphatic rings. The molecule has 2 aliphatic heterocycles. The molecule has 2 fully saturated rings. The molecule has 2 heteroatoms. The van der Waals surface area contributed by atoms with Gasteiger partial charge in [0.2, 0.25) is 0 Å². The van der Waals surface area contributed by atoms with Gasteiger partial charge in [-0.15, -0.1) is 0 Å². The molecule has 0 radical (unpaired) electrons. The third-order valence-corrected chi connectivity index (χ3v) is 2.53. The molecule has 1 unspecified atom stereocenters. The molecule has 0 aromatic carbocycles. The summed E-state index contributed by atoms with van der Waals surface area (Å²) in [4.78, 5) is 4.96. The lowest BCUT2D eigenvalue weighted by molar-refractivity contribution is -0.0122. The number of fused-ring (bicyclic) bond motifs is 1. The van der Waals surface area contributed by atoms with Crippen molar-refractivity contribution in [1.29, 1.82) is 0 Å². The zero-order valence-corrected chi connectivity index (χ0v) is 6.01. The lowest BCUT2D eigenvalue weighted by atomic mass is 9.98. The summed E-state index contributed by atoms with van der Waals surface area (Å²) < 4.78 is 0. The molecule has 0 spiro atoms. The Morgan fingerprint density at radius 3 is 2.44 bits per heavy atom. The van der Waals surface area contributed by atoms with Gasteiger partial charge in [-0.2, -0.15) is 0 Å². The van der Waals surface area contributed by atoms with Gasteiger partial charge in [-0.1, -0.05) is 0 Å². The van der Waals surface area contributed by atoms with E-state index in [1.807, 2.05) is 0 Å². The van der Waals surface area contributed by atoms with Gasteiger partial charge in [0, 0.05) is 19.1 Å². The predicted octanol–water partition coefficient (Wildman–Crippen LogP) is 0.354. The van der Waals surface area contributed by atoms with Crippen molar-refractivity contribution < 1.29 is 0 Å². The van der Waals surface area contributed by atoms with Crippen LogP contribution in [0.3, 0.4) is 0 Å². The highest BCUT2D eigenvalue weighted by Crippen LogP contribution is 2.23. The van der Waals surface area contributed by atoms with Gasteiger partial charge in [-0.25, -0.2) is 0 Å². The molecular formula is C7H14N2. The largest absolute Gasteiger partial charge is 0.293 e. The molecule has 0 amide bonds. The maximum absolute atomic E-state index is 2.56. The van der Waals surface area contributed by atoms with Crippen LogP contribution < -0.4 is 0 Å². The van der Waals surface area contributed by atoms with E-state index in [0.717, 1.165) is 6.04 Å². The van der Waals surface area contributed by atoms with Crippen molar-refractivity contribution in [3.63, 3.8) is 0 Å². The van der Waals surface area contributed by atoms with Gasteiger partial charge in [0.1, 0.15) is 0 Å². The van der Waals surface area contributed by atoms with Crippen molar-refractivity contribution in [3.8, 4) is 0 Å². The van der Waals surface area contributed by atoms with Gasteiger partial charge in [0.15, 0.2) is 0 Å². The highest BCUT2D eigenvalue weighted by Gasteiger charge is 2.31. The molecule has 0 aromatic heterocycles. The van der Waals surface area contributed by atoms with E-state index in [2.05, 4.69) is 16.8 Å². The third-order valence-electron chi connectivity index (χ3n) is 2.53. The Morgan fingerprint density at radius 1 is 1.22 bits per heavy atom. The fraction of sp³-hybridized carbons (Fsp3) is 1.00. The highest BCUT2D eigenvalue weighted by atomic mass is 15.4. The van der Waals surface area contributed by atoms with Crippen LogP contribution in [0.1, 0.15) is 12.8 Å². The number of hydrogen-bond acceptors (Lipinski definition) is 2. The lowest BCUT2D eigenvalue weighted by Gasteiger charge is -2.47. The van der Waals surface area contributed by atoms with Crippen LogP contribution in [0.5, 0.6) is 0 Å². The Balaban J connectivity index is 1.92. The van der Waals surface area contributed by atoms with Crippen molar-refractivity contribution >= 4 is 0 Å². The number of nitrogens with zero attached hydrogens (tertiary/aromatic N) is 2. The van der Waals surface area contributed by atoms with Crippen LogP contribution in [0.15, 0.2) is 0 Å². The Labute approximate surface area is 56.4 Å². The second-order valence-electron chi connectivity index (χ2n) is 3.26. The molecule has 2 heterocycles. The number of hydrogen-bond donors (Lipinski definition) is 0. The zero-order chi connectivity index (χ0) is 6.27. The molecule has 0 aromatic rings. The smallest absolute Gasteiger partial charge is 0.0506 e. The monoisotopic (exact) mass is 126 g/mol. The third kappa shape index (κ3) is 0.864. The Hall–Kier alpha value is -0.0800. The lowest BCUT2D eigenvalue weighted by Crippen LogP contribution is -2.56. The first-order chi connectivity index (χ1) is 4.36. The fourth-order valence-corrected chi connectivity index (χ4v) is 1.76. The molecule has 0 saturated carbocycles. The quantitative estimate of drug-likeness (QED) is 0.462. The van der Waals surface area contributed by atoms with Crippen molar-refractivity contribution in [1.82, 2.24) is 9.80 Å². The Morgan fingerprint density at radius 2 is 2.00 bits per heavy atom. The van der Waals surface area contributed by atoms with Gasteiger partial charge in [0.05, 0.1) is 6.67 Å². The second-order valence-corrected chi connectivity index (χ2v) is 3.26. The normalized spacial score (nSPS) is 37.7. The number of rotatable bonds is 0. The summed E-state index contributed by atoms with van der Waals surface area (Å²) in [6.45, 7) is 3.86. The molecule has 2 rings (SSSR count). The van der Waals surface area contributed by atoms with Crippen molar-refractivity contribution in [2.75, 3.05) is 26.8 Å². The van der Waals surface area contributed by atoms with Crippen LogP contribution in [0.2, 0.25) is 0 Å². The van der Waals surface area contributed by atoms with E-state index in [1.54, 1.807) is 0 Å². The van der Waals surface area contributed by atoms with E-state index in [9.17, 15) is 0 Å². The summed E-state index contributed by atoms with van der Waals surface area (Å²) in [5, 5.41) is 0. The summed E-state index contributed by atoms with van der Waals surface area (Å²) in [5.41, 5.74) is 0. The molecular weight excluding hydrogens is 112 g/mol. The average molecular weight is 126 g/mol. The van der Waals surface area contributed by atoms with Crippen LogP contribution in [-0.2, 0) is 0 Å². The van der Waals surface area contributed by atoms with Crippen LogP contribution in [0.25, 0.3) is 0 Å². The molecule has 52 valence electrons.